The molecule has 1 heterocycles. The molecule has 0 N–H and O–H groups in total. The Bertz CT molecular complexity index is 2320. The fourth-order valence-electron chi connectivity index (χ4n) is 6.73. The van der Waals surface area contributed by atoms with Gasteiger partial charge in [0.15, 0.2) is 5.82 Å². The molecule has 0 aliphatic heterocycles. The van der Waals surface area contributed by atoms with Gasteiger partial charge in [-0.1, -0.05) is 140 Å². The van der Waals surface area contributed by atoms with Gasteiger partial charge in [0.05, 0.1) is 11.4 Å². The summed E-state index contributed by atoms with van der Waals surface area (Å²) in [6.07, 6.45) is 11.5. The van der Waals surface area contributed by atoms with Crippen LogP contribution in [0.5, 0.6) is 0 Å². The Labute approximate surface area is 299 Å². The summed E-state index contributed by atoms with van der Waals surface area (Å²) in [5.41, 5.74) is 12.7. The molecule has 2 aliphatic carbocycles. The van der Waals surface area contributed by atoms with E-state index in [2.05, 4.69) is 120 Å². The number of hydrogen-bond donors (Lipinski definition) is 0. The van der Waals surface area contributed by atoms with Crippen molar-refractivity contribution < 1.29 is 0 Å². The predicted molar refractivity (Wildman–Crippen MR) is 210 cm³/mol. The summed E-state index contributed by atoms with van der Waals surface area (Å²) in [6.45, 7) is 5.90. The molecule has 0 amide bonds. The van der Waals surface area contributed by atoms with Gasteiger partial charge in [-0.15, -0.1) is 0 Å². The van der Waals surface area contributed by atoms with Gasteiger partial charge in [0, 0.05) is 16.9 Å². The molecule has 0 radical (unpaired) electrons. The molecular weight excluding hydrogens is 623 g/mol. The number of hydrogen-bond acceptors (Lipinski definition) is 5. The van der Waals surface area contributed by atoms with Crippen LogP contribution in [0.2, 0.25) is 0 Å². The predicted octanol–water partition coefficient (Wildman–Crippen LogP) is 11.6. The number of para-hydroxylation sites is 1. The van der Waals surface area contributed by atoms with E-state index in [1.807, 2.05) is 72.5 Å². The third-order valence-electron chi connectivity index (χ3n) is 9.33. The largest absolute Gasteiger partial charge is 0.279 e. The summed E-state index contributed by atoms with van der Waals surface area (Å²) >= 11 is 0. The van der Waals surface area contributed by atoms with Gasteiger partial charge in [0.1, 0.15) is 0 Å². The molecule has 5 nitrogen and oxygen atoms in total. The SMILES string of the molecule is C=CC=C=C(C)N(c1cccc(-c2ccccc2)c1)c1nc(-c2ccccc2)nc(N(c2ccccc2)c2cccc(C3=CC=CC4CC34)c2)n1. The number of allylic oxidation sites excluding steroid dienone is 6. The average Bonchev–Trinajstić information content (AvgIpc) is 3.99. The smallest absolute Gasteiger partial charge is 0.240 e. The Morgan fingerprint density at radius 1 is 0.667 bits per heavy atom. The fourth-order valence-corrected chi connectivity index (χ4v) is 6.73. The minimum Gasteiger partial charge on any atom is -0.279 e. The van der Waals surface area contributed by atoms with Crippen molar-refractivity contribution in [3.05, 3.63) is 193 Å². The van der Waals surface area contributed by atoms with Crippen LogP contribution in [0.25, 0.3) is 28.1 Å². The maximum absolute atomic E-state index is 5.29. The number of benzene rings is 5. The van der Waals surface area contributed by atoms with Crippen molar-refractivity contribution in [3.63, 3.8) is 0 Å². The lowest BCUT2D eigenvalue weighted by Gasteiger charge is -2.27. The first-order valence-corrected chi connectivity index (χ1v) is 17.3. The van der Waals surface area contributed by atoms with E-state index >= 15 is 0 Å². The molecule has 0 spiro atoms. The van der Waals surface area contributed by atoms with Gasteiger partial charge < -0.3 is 0 Å². The molecule has 5 aromatic carbocycles. The Morgan fingerprint density at radius 2 is 1.27 bits per heavy atom. The van der Waals surface area contributed by atoms with Crippen LogP contribution in [0.3, 0.4) is 0 Å². The van der Waals surface area contributed by atoms with Crippen molar-refractivity contribution in [1.29, 1.82) is 0 Å². The molecule has 6 aromatic rings. The van der Waals surface area contributed by atoms with Gasteiger partial charge in [0.25, 0.3) is 0 Å². The zero-order valence-corrected chi connectivity index (χ0v) is 28.5. The van der Waals surface area contributed by atoms with E-state index < -0.39 is 0 Å². The maximum Gasteiger partial charge on any atom is 0.240 e. The number of rotatable bonds is 10. The van der Waals surface area contributed by atoms with Gasteiger partial charge in [-0.2, -0.15) is 15.0 Å². The lowest BCUT2D eigenvalue weighted by molar-refractivity contribution is 0.966. The van der Waals surface area contributed by atoms with Crippen molar-refractivity contribution >= 4 is 34.5 Å². The van der Waals surface area contributed by atoms with Crippen LogP contribution in [0, 0.1) is 11.8 Å². The zero-order valence-electron chi connectivity index (χ0n) is 28.5. The van der Waals surface area contributed by atoms with E-state index in [0.29, 0.717) is 29.6 Å². The van der Waals surface area contributed by atoms with E-state index in [0.717, 1.165) is 39.4 Å². The average molecular weight is 660 g/mol. The van der Waals surface area contributed by atoms with Gasteiger partial charge in [0.2, 0.25) is 11.9 Å². The van der Waals surface area contributed by atoms with Crippen molar-refractivity contribution in [2.45, 2.75) is 13.3 Å². The molecule has 0 bridgehead atoms. The van der Waals surface area contributed by atoms with Crippen LogP contribution >= 0.6 is 0 Å². The summed E-state index contributed by atoms with van der Waals surface area (Å²) in [4.78, 5) is 19.8. The summed E-state index contributed by atoms with van der Waals surface area (Å²) < 4.78 is 0. The van der Waals surface area contributed by atoms with E-state index in [4.69, 9.17) is 15.0 Å². The minimum absolute atomic E-state index is 0.476. The molecule has 1 aromatic heterocycles. The Balaban J connectivity index is 1.34. The quantitative estimate of drug-likeness (QED) is 0.108. The van der Waals surface area contributed by atoms with E-state index in [1.54, 1.807) is 6.08 Å². The maximum atomic E-state index is 5.29. The minimum atomic E-state index is 0.476. The monoisotopic (exact) mass is 659 g/mol. The summed E-state index contributed by atoms with van der Waals surface area (Å²) in [5, 5.41) is 0. The lowest BCUT2D eigenvalue weighted by atomic mass is 9.96. The molecule has 8 rings (SSSR count). The van der Waals surface area contributed by atoms with Crippen LogP contribution < -0.4 is 9.80 Å². The van der Waals surface area contributed by atoms with Crippen molar-refractivity contribution in [1.82, 2.24) is 15.0 Å². The second-order valence-corrected chi connectivity index (χ2v) is 12.7. The zero-order chi connectivity index (χ0) is 34.6. The second-order valence-electron chi connectivity index (χ2n) is 12.7. The molecule has 1 fully saturated rings. The van der Waals surface area contributed by atoms with Gasteiger partial charge >= 0.3 is 0 Å². The highest BCUT2D eigenvalue weighted by Gasteiger charge is 2.39. The first-order chi connectivity index (χ1) is 25.2. The highest BCUT2D eigenvalue weighted by molar-refractivity contribution is 5.81. The fraction of sp³-hybridized carbons (Fsp3) is 0.0870. The Hall–Kier alpha value is -6.55. The van der Waals surface area contributed by atoms with Crippen molar-refractivity contribution in [2.24, 2.45) is 11.8 Å². The highest BCUT2D eigenvalue weighted by atomic mass is 15.3. The van der Waals surface area contributed by atoms with Gasteiger partial charge in [-0.3, -0.25) is 9.80 Å². The number of aromatic nitrogens is 3. The summed E-state index contributed by atoms with van der Waals surface area (Å²) in [7, 11) is 0. The standard InChI is InChI=1S/C46H37N5/c1-3-4-17-33(2)50(40-27-14-22-36(30-40)34-18-8-5-9-19-34)45-47-44(35-20-10-6-11-21-35)48-46(49-45)51(39-25-12-7-13-26-39)41-28-15-23-37(31-41)42-29-16-24-38-32-43(38)42/h3-16,18-31,38,43H,1,32H2,2H3. The molecule has 5 heteroatoms. The van der Waals surface area contributed by atoms with Crippen LogP contribution in [-0.2, 0) is 0 Å². The first kappa shape index (κ1) is 31.7. The Morgan fingerprint density at radius 3 is 2.02 bits per heavy atom. The van der Waals surface area contributed by atoms with E-state index in [-0.39, 0.29) is 0 Å². The highest BCUT2D eigenvalue weighted by Crippen LogP contribution is 2.51. The van der Waals surface area contributed by atoms with Gasteiger partial charge in [-0.05, 0) is 89.9 Å². The number of fused-ring (bicyclic) bond motifs is 1. The second kappa shape index (κ2) is 14.1. The lowest BCUT2D eigenvalue weighted by Crippen LogP contribution is -2.21. The normalized spacial score (nSPS) is 15.5. The summed E-state index contributed by atoms with van der Waals surface area (Å²) in [5.74, 6) is 2.79. The molecule has 1 saturated carbocycles. The molecule has 2 aliphatic rings. The van der Waals surface area contributed by atoms with Crippen molar-refractivity contribution in [2.75, 3.05) is 9.80 Å². The first-order valence-electron chi connectivity index (χ1n) is 17.3. The molecule has 246 valence electrons. The number of nitrogens with zero attached hydrogens (tertiary/aromatic N) is 5. The van der Waals surface area contributed by atoms with Crippen LogP contribution in [0.1, 0.15) is 18.9 Å². The Kier molecular flexibility index (Phi) is 8.78. The summed E-state index contributed by atoms with van der Waals surface area (Å²) in [6, 6.07) is 47.9. The molecule has 2 unspecified atom stereocenters. The molecular formula is C46H37N5. The van der Waals surface area contributed by atoms with Crippen LogP contribution in [0.15, 0.2) is 188 Å². The molecule has 2 atom stereocenters. The third-order valence-corrected chi connectivity index (χ3v) is 9.33. The topological polar surface area (TPSA) is 45.2 Å². The van der Waals surface area contributed by atoms with Crippen LogP contribution in [-0.4, -0.2) is 15.0 Å². The van der Waals surface area contributed by atoms with Gasteiger partial charge in [-0.25, -0.2) is 0 Å². The third kappa shape index (κ3) is 6.71. The van der Waals surface area contributed by atoms with Crippen LogP contribution in [0.4, 0.5) is 29.0 Å². The van der Waals surface area contributed by atoms with Crippen molar-refractivity contribution in [3.8, 4) is 22.5 Å². The number of anilines is 5. The van der Waals surface area contributed by atoms with E-state index in [1.165, 1.54) is 17.6 Å². The molecule has 51 heavy (non-hydrogen) atoms. The molecule has 0 saturated heterocycles. The van der Waals surface area contributed by atoms with E-state index in [9.17, 15) is 0 Å².